The Labute approximate surface area is 113 Å². The van der Waals surface area contributed by atoms with Crippen molar-refractivity contribution in [1.82, 2.24) is 0 Å². The molecule has 0 spiro atoms. The fourth-order valence-electron chi connectivity index (χ4n) is 1.75. The predicted molar refractivity (Wildman–Crippen MR) is 75.5 cm³/mol. The molecular weight excluding hydrogens is 301 g/mol. The number of nitrogens with zero attached hydrogens (tertiary/aromatic N) is 1. The van der Waals surface area contributed by atoms with E-state index in [1.165, 1.54) is 10.9 Å². The molecule has 90 valence electrons. The highest BCUT2D eigenvalue weighted by atomic mass is 79.9. The lowest BCUT2D eigenvalue weighted by atomic mass is 10.2. The molecule has 0 saturated carbocycles. The zero-order valence-corrected chi connectivity index (χ0v) is 11.9. The molecule has 1 aromatic carbocycles. The van der Waals surface area contributed by atoms with Crippen LogP contribution >= 0.6 is 27.3 Å². The fourth-order valence-corrected chi connectivity index (χ4v) is 2.96. The quantitative estimate of drug-likeness (QED) is 0.755. The molecule has 0 aliphatic rings. The number of rotatable bonds is 4. The molecule has 0 unspecified atom stereocenters. The highest BCUT2D eigenvalue weighted by Gasteiger charge is 2.08. The van der Waals surface area contributed by atoms with Crippen LogP contribution in [0.3, 0.4) is 0 Å². The summed E-state index contributed by atoms with van der Waals surface area (Å²) in [5.74, 6) is -0.187. The van der Waals surface area contributed by atoms with Crippen molar-refractivity contribution in [2.45, 2.75) is 11.9 Å². The number of hydrogen-bond acceptors (Lipinski definition) is 2. The monoisotopic (exact) mass is 313 g/mol. The van der Waals surface area contributed by atoms with Gasteiger partial charge >= 0.3 is 0 Å². The molecule has 0 saturated heterocycles. The summed E-state index contributed by atoms with van der Waals surface area (Å²) in [5, 5.41) is 2.73. The number of alkyl halides is 1. The van der Waals surface area contributed by atoms with E-state index in [4.69, 9.17) is 0 Å². The van der Waals surface area contributed by atoms with Crippen molar-refractivity contribution in [3.8, 4) is 0 Å². The molecule has 0 radical (unpaired) electrons. The molecule has 1 heterocycles. The maximum Gasteiger partial charge on any atom is 0.123 e. The SMILES string of the molecule is CN(Cc1cccs1)c1ccc(F)cc1CBr. The zero-order valence-electron chi connectivity index (χ0n) is 9.49. The molecule has 0 fully saturated rings. The second-order valence-electron chi connectivity index (χ2n) is 3.84. The molecule has 4 heteroatoms. The van der Waals surface area contributed by atoms with Crippen LogP contribution in [0.25, 0.3) is 0 Å². The topological polar surface area (TPSA) is 3.24 Å². The third kappa shape index (κ3) is 3.07. The third-order valence-electron chi connectivity index (χ3n) is 2.57. The minimum atomic E-state index is -0.187. The van der Waals surface area contributed by atoms with E-state index in [1.807, 2.05) is 19.2 Å². The van der Waals surface area contributed by atoms with Crippen LogP contribution in [0.15, 0.2) is 35.7 Å². The lowest BCUT2D eigenvalue weighted by Crippen LogP contribution is -2.17. The first-order valence-corrected chi connectivity index (χ1v) is 7.28. The van der Waals surface area contributed by atoms with Gasteiger partial charge in [0.1, 0.15) is 5.82 Å². The van der Waals surface area contributed by atoms with Gasteiger partial charge in [0, 0.05) is 22.9 Å². The van der Waals surface area contributed by atoms with Crippen LogP contribution in [-0.4, -0.2) is 7.05 Å². The van der Waals surface area contributed by atoms with Gasteiger partial charge < -0.3 is 4.90 Å². The molecule has 1 nitrogen and oxygen atoms in total. The van der Waals surface area contributed by atoms with Crippen LogP contribution in [0, 0.1) is 5.82 Å². The summed E-state index contributed by atoms with van der Waals surface area (Å²) in [4.78, 5) is 3.44. The van der Waals surface area contributed by atoms with Crippen molar-refractivity contribution < 1.29 is 4.39 Å². The van der Waals surface area contributed by atoms with Crippen molar-refractivity contribution in [2.24, 2.45) is 0 Å². The van der Waals surface area contributed by atoms with Gasteiger partial charge in [-0.3, -0.25) is 0 Å². The first-order valence-electron chi connectivity index (χ1n) is 5.28. The van der Waals surface area contributed by atoms with Crippen molar-refractivity contribution in [2.75, 3.05) is 11.9 Å². The van der Waals surface area contributed by atoms with E-state index in [9.17, 15) is 4.39 Å². The van der Waals surface area contributed by atoms with Gasteiger partial charge in [0.2, 0.25) is 0 Å². The van der Waals surface area contributed by atoms with Gasteiger partial charge in [-0.1, -0.05) is 22.0 Å². The molecule has 0 aliphatic heterocycles. The van der Waals surface area contributed by atoms with E-state index in [2.05, 4.69) is 32.3 Å². The molecule has 0 amide bonds. The maximum absolute atomic E-state index is 13.1. The number of hydrogen-bond donors (Lipinski definition) is 0. The molecule has 1 aromatic heterocycles. The Morgan fingerprint density at radius 1 is 1.35 bits per heavy atom. The normalized spacial score (nSPS) is 10.5. The first-order chi connectivity index (χ1) is 8.20. The molecular formula is C13H13BrFNS. The minimum absolute atomic E-state index is 0.187. The van der Waals surface area contributed by atoms with Crippen LogP contribution in [0.4, 0.5) is 10.1 Å². The van der Waals surface area contributed by atoms with Crippen LogP contribution in [0.5, 0.6) is 0 Å². The largest absolute Gasteiger partial charge is 0.369 e. The van der Waals surface area contributed by atoms with E-state index in [1.54, 1.807) is 17.4 Å². The Bertz CT molecular complexity index is 484. The molecule has 0 bridgehead atoms. The van der Waals surface area contributed by atoms with Gasteiger partial charge in [-0.2, -0.15) is 0 Å². The van der Waals surface area contributed by atoms with E-state index < -0.39 is 0 Å². The predicted octanol–water partition coefficient (Wildman–Crippen LogP) is 4.42. The summed E-state index contributed by atoms with van der Waals surface area (Å²) < 4.78 is 13.1. The Hall–Kier alpha value is -0.870. The van der Waals surface area contributed by atoms with Crippen LogP contribution in [0.2, 0.25) is 0 Å². The summed E-state index contributed by atoms with van der Waals surface area (Å²) in [5.41, 5.74) is 2.04. The number of anilines is 1. The molecule has 2 aromatic rings. The van der Waals surface area contributed by atoms with Gasteiger partial charge in [-0.25, -0.2) is 4.39 Å². The summed E-state index contributed by atoms with van der Waals surface area (Å²) in [6.45, 7) is 0.850. The molecule has 17 heavy (non-hydrogen) atoms. The highest BCUT2D eigenvalue weighted by Crippen LogP contribution is 2.25. The maximum atomic E-state index is 13.1. The summed E-state index contributed by atoms with van der Waals surface area (Å²) >= 11 is 5.13. The third-order valence-corrected chi connectivity index (χ3v) is 4.04. The van der Waals surface area contributed by atoms with Crippen molar-refractivity contribution in [3.63, 3.8) is 0 Å². The second kappa shape index (κ2) is 5.65. The molecule has 0 aliphatic carbocycles. The van der Waals surface area contributed by atoms with Gasteiger partial charge in [0.05, 0.1) is 6.54 Å². The highest BCUT2D eigenvalue weighted by molar-refractivity contribution is 9.08. The average Bonchev–Trinajstić information content (AvgIpc) is 2.81. The number of benzene rings is 1. The van der Waals surface area contributed by atoms with E-state index >= 15 is 0 Å². The Balaban J connectivity index is 2.21. The summed E-state index contributed by atoms with van der Waals surface area (Å²) in [7, 11) is 2.03. The Kier molecular flexibility index (Phi) is 4.18. The van der Waals surface area contributed by atoms with Gasteiger partial charge in [-0.15, -0.1) is 11.3 Å². The van der Waals surface area contributed by atoms with Crippen LogP contribution in [0.1, 0.15) is 10.4 Å². The van der Waals surface area contributed by atoms with Crippen LogP contribution < -0.4 is 4.90 Å². The van der Waals surface area contributed by atoms with Gasteiger partial charge in [0.15, 0.2) is 0 Å². The number of thiophene rings is 1. The van der Waals surface area contributed by atoms with E-state index in [-0.39, 0.29) is 5.82 Å². The smallest absolute Gasteiger partial charge is 0.123 e. The average molecular weight is 314 g/mol. The first kappa shape index (κ1) is 12.6. The van der Waals surface area contributed by atoms with Crippen molar-refractivity contribution in [1.29, 1.82) is 0 Å². The minimum Gasteiger partial charge on any atom is -0.369 e. The van der Waals surface area contributed by atoms with E-state index in [0.29, 0.717) is 5.33 Å². The molecule has 0 atom stereocenters. The summed E-state index contributed by atoms with van der Waals surface area (Å²) in [6.07, 6.45) is 0. The lowest BCUT2D eigenvalue weighted by molar-refractivity contribution is 0.626. The van der Waals surface area contributed by atoms with Crippen molar-refractivity contribution >= 4 is 33.0 Å². The Morgan fingerprint density at radius 3 is 2.82 bits per heavy atom. The van der Waals surface area contributed by atoms with Crippen molar-refractivity contribution in [3.05, 3.63) is 52.0 Å². The van der Waals surface area contributed by atoms with E-state index in [0.717, 1.165) is 17.8 Å². The second-order valence-corrected chi connectivity index (χ2v) is 5.44. The summed E-state index contributed by atoms with van der Waals surface area (Å²) in [6, 6.07) is 9.07. The Morgan fingerprint density at radius 2 is 2.18 bits per heavy atom. The molecule has 0 N–H and O–H groups in total. The van der Waals surface area contributed by atoms with Gasteiger partial charge in [-0.05, 0) is 35.2 Å². The number of halogens is 2. The standard InChI is InChI=1S/C13H13BrFNS/c1-16(9-12-3-2-6-17-12)13-5-4-11(15)7-10(13)8-14/h2-7H,8-9H2,1H3. The fraction of sp³-hybridized carbons (Fsp3) is 0.231. The van der Waals surface area contributed by atoms with Gasteiger partial charge in [0.25, 0.3) is 0 Å². The zero-order chi connectivity index (χ0) is 12.3. The molecule has 2 rings (SSSR count). The van der Waals surface area contributed by atoms with Crippen LogP contribution in [-0.2, 0) is 11.9 Å². The lowest BCUT2D eigenvalue weighted by Gasteiger charge is -2.21.